The second-order valence-corrected chi connectivity index (χ2v) is 9.13. The van der Waals surface area contributed by atoms with Crippen molar-refractivity contribution >= 4 is 22.0 Å². The van der Waals surface area contributed by atoms with Gasteiger partial charge in [0, 0.05) is 18.5 Å². The molecule has 0 N–H and O–H groups in total. The van der Waals surface area contributed by atoms with E-state index in [9.17, 15) is 18.0 Å². The van der Waals surface area contributed by atoms with Crippen molar-refractivity contribution in [3.63, 3.8) is 0 Å². The topological polar surface area (TPSA) is 38.8 Å². The van der Waals surface area contributed by atoms with Crippen LogP contribution >= 0.6 is 15.9 Å². The summed E-state index contributed by atoms with van der Waals surface area (Å²) in [5.74, 6) is 0.343. The van der Waals surface area contributed by atoms with Crippen LogP contribution in [0.25, 0.3) is 0 Å². The van der Waals surface area contributed by atoms with Crippen LogP contribution in [0.5, 0.6) is 5.75 Å². The molecule has 1 aromatic rings. The average molecular weight is 466 g/mol. The number of nitrogens with zero attached hydrogens (tertiary/aromatic N) is 1. The second kappa shape index (κ2) is 8.51. The van der Waals surface area contributed by atoms with Crippen molar-refractivity contribution in [2.45, 2.75) is 83.8 Å². The average Bonchev–Trinajstić information content (AvgIpc) is 2.87. The first-order valence-electron chi connectivity index (χ1n) is 9.32. The molecule has 8 heteroatoms. The van der Waals surface area contributed by atoms with Crippen molar-refractivity contribution in [2.75, 3.05) is 0 Å². The normalized spacial score (nSPS) is 21.5. The number of benzene rings is 1. The third kappa shape index (κ3) is 6.03. The van der Waals surface area contributed by atoms with Crippen molar-refractivity contribution in [3.8, 4) is 5.75 Å². The summed E-state index contributed by atoms with van der Waals surface area (Å²) in [6, 6.07) is 3.36. The fraction of sp³-hybridized carbons (Fsp3) is 0.650. The summed E-state index contributed by atoms with van der Waals surface area (Å²) >= 11 is 3.15. The lowest BCUT2D eigenvalue weighted by Crippen LogP contribution is -2.44. The van der Waals surface area contributed by atoms with Crippen molar-refractivity contribution < 1.29 is 27.4 Å². The molecule has 1 saturated heterocycles. The van der Waals surface area contributed by atoms with E-state index >= 15 is 0 Å². The van der Waals surface area contributed by atoms with Gasteiger partial charge in [0.2, 0.25) is 0 Å². The van der Waals surface area contributed by atoms with E-state index in [1.54, 1.807) is 4.90 Å². The lowest BCUT2D eigenvalue weighted by molar-refractivity contribution is -0.137. The first-order valence-corrected chi connectivity index (χ1v) is 10.1. The van der Waals surface area contributed by atoms with E-state index in [0.717, 1.165) is 25.0 Å². The molecule has 2 rings (SSSR count). The van der Waals surface area contributed by atoms with Crippen LogP contribution in [0.3, 0.4) is 0 Å². The molecule has 1 fully saturated rings. The highest BCUT2D eigenvalue weighted by Crippen LogP contribution is 2.36. The van der Waals surface area contributed by atoms with E-state index in [2.05, 4.69) is 15.9 Å². The maximum absolute atomic E-state index is 12.8. The smallest absolute Gasteiger partial charge is 0.416 e. The van der Waals surface area contributed by atoms with Gasteiger partial charge in [0.1, 0.15) is 11.4 Å². The monoisotopic (exact) mass is 465 g/mol. The number of alkyl halides is 3. The Kier molecular flexibility index (Phi) is 6.94. The fourth-order valence-electron chi connectivity index (χ4n) is 3.37. The molecule has 4 nitrogen and oxygen atoms in total. The van der Waals surface area contributed by atoms with Crippen molar-refractivity contribution in [1.82, 2.24) is 4.90 Å². The second-order valence-electron chi connectivity index (χ2n) is 8.27. The number of likely N-dealkylation sites (tertiary alicyclic amines) is 1. The van der Waals surface area contributed by atoms with Gasteiger partial charge in [-0.25, -0.2) is 4.79 Å². The molecule has 1 amide bonds. The standard InChI is InChI=1S/C20H27BrF3NO3/c1-12-6-8-15(25(12)18(26)28-19(3,4)5)10-13(2)27-17-9-7-14(11-16(17)21)20(22,23)24/h7,9,11-13,15H,6,8,10H2,1-5H3. The van der Waals surface area contributed by atoms with E-state index in [1.165, 1.54) is 6.07 Å². The Morgan fingerprint density at radius 1 is 1.29 bits per heavy atom. The van der Waals surface area contributed by atoms with Gasteiger partial charge in [-0.1, -0.05) is 0 Å². The van der Waals surface area contributed by atoms with Gasteiger partial charge >= 0.3 is 12.3 Å². The highest BCUT2D eigenvalue weighted by Gasteiger charge is 2.38. The Labute approximate surface area is 172 Å². The minimum absolute atomic E-state index is 0.0342. The van der Waals surface area contributed by atoms with Crippen LogP contribution in [0, 0.1) is 0 Å². The van der Waals surface area contributed by atoms with Crippen molar-refractivity contribution in [1.29, 1.82) is 0 Å². The first-order chi connectivity index (χ1) is 12.8. The minimum atomic E-state index is -4.40. The Morgan fingerprint density at radius 2 is 1.93 bits per heavy atom. The zero-order valence-electron chi connectivity index (χ0n) is 16.8. The highest BCUT2D eigenvalue weighted by atomic mass is 79.9. The predicted molar refractivity (Wildman–Crippen MR) is 104 cm³/mol. The van der Waals surface area contributed by atoms with Crippen LogP contribution in [-0.4, -0.2) is 34.8 Å². The number of rotatable bonds is 4. The number of carbonyl (C=O) groups excluding carboxylic acids is 1. The van der Waals surface area contributed by atoms with E-state index in [1.807, 2.05) is 34.6 Å². The number of halogens is 4. The molecule has 1 aliphatic rings. The van der Waals surface area contributed by atoms with Gasteiger partial charge < -0.3 is 14.4 Å². The summed E-state index contributed by atoms with van der Waals surface area (Å²) in [4.78, 5) is 14.3. The number of ether oxygens (including phenoxy) is 2. The molecule has 1 aliphatic heterocycles. The molecule has 0 bridgehead atoms. The Morgan fingerprint density at radius 3 is 2.46 bits per heavy atom. The summed E-state index contributed by atoms with van der Waals surface area (Å²) in [6.07, 6.45) is -2.75. The SMILES string of the molecule is CC(CC1CCC(C)N1C(=O)OC(C)(C)C)Oc1ccc(C(F)(F)F)cc1Br. The Balaban J connectivity index is 2.03. The zero-order valence-corrected chi connectivity index (χ0v) is 18.4. The van der Waals surface area contributed by atoms with Gasteiger partial charge in [0.15, 0.2) is 0 Å². The maximum atomic E-state index is 12.8. The molecule has 28 heavy (non-hydrogen) atoms. The molecule has 0 spiro atoms. The lowest BCUT2D eigenvalue weighted by atomic mass is 10.1. The molecule has 1 aromatic carbocycles. The Hall–Kier alpha value is -1.44. The summed E-state index contributed by atoms with van der Waals surface area (Å²) in [5.41, 5.74) is -1.31. The third-order valence-electron chi connectivity index (χ3n) is 4.58. The molecule has 0 saturated carbocycles. The van der Waals surface area contributed by atoms with E-state index in [-0.39, 0.29) is 28.8 Å². The van der Waals surface area contributed by atoms with Crippen LogP contribution in [-0.2, 0) is 10.9 Å². The Bertz CT molecular complexity index is 703. The van der Waals surface area contributed by atoms with Crippen LogP contribution in [0.4, 0.5) is 18.0 Å². The van der Waals surface area contributed by atoms with Crippen LogP contribution in [0.2, 0.25) is 0 Å². The molecule has 0 aliphatic carbocycles. The van der Waals surface area contributed by atoms with Gasteiger partial charge in [0.05, 0.1) is 16.1 Å². The summed E-state index contributed by atoms with van der Waals surface area (Å²) in [7, 11) is 0. The summed E-state index contributed by atoms with van der Waals surface area (Å²) < 4.78 is 50.0. The molecule has 3 unspecified atom stereocenters. The zero-order chi connectivity index (χ0) is 21.3. The number of hydrogen-bond donors (Lipinski definition) is 0. The largest absolute Gasteiger partial charge is 0.489 e. The molecular weight excluding hydrogens is 439 g/mol. The van der Waals surface area contributed by atoms with Gasteiger partial charge in [-0.05, 0) is 81.6 Å². The molecule has 0 radical (unpaired) electrons. The summed E-state index contributed by atoms with van der Waals surface area (Å²) in [6.45, 7) is 9.32. The van der Waals surface area contributed by atoms with Crippen molar-refractivity contribution in [3.05, 3.63) is 28.2 Å². The molecule has 1 heterocycles. The van der Waals surface area contributed by atoms with E-state index in [4.69, 9.17) is 9.47 Å². The highest BCUT2D eigenvalue weighted by molar-refractivity contribution is 9.10. The molecular formula is C20H27BrF3NO3. The van der Waals surface area contributed by atoms with Gasteiger partial charge in [-0.3, -0.25) is 0 Å². The lowest BCUT2D eigenvalue weighted by Gasteiger charge is -2.32. The third-order valence-corrected chi connectivity index (χ3v) is 5.20. The van der Waals surface area contributed by atoms with E-state index in [0.29, 0.717) is 12.2 Å². The van der Waals surface area contributed by atoms with E-state index < -0.39 is 17.3 Å². The minimum Gasteiger partial charge on any atom is -0.489 e. The molecule has 3 atom stereocenters. The number of carbonyl (C=O) groups is 1. The summed E-state index contributed by atoms with van der Waals surface area (Å²) in [5, 5.41) is 0. The number of hydrogen-bond acceptors (Lipinski definition) is 3. The van der Waals surface area contributed by atoms with Crippen LogP contribution < -0.4 is 4.74 Å². The van der Waals surface area contributed by atoms with Crippen LogP contribution in [0.1, 0.15) is 59.4 Å². The van der Waals surface area contributed by atoms with Crippen molar-refractivity contribution in [2.24, 2.45) is 0 Å². The molecule has 0 aromatic heterocycles. The molecule has 158 valence electrons. The van der Waals surface area contributed by atoms with Crippen LogP contribution in [0.15, 0.2) is 22.7 Å². The number of amides is 1. The van der Waals surface area contributed by atoms with Gasteiger partial charge in [-0.15, -0.1) is 0 Å². The van der Waals surface area contributed by atoms with Gasteiger partial charge in [-0.2, -0.15) is 13.2 Å². The predicted octanol–water partition coefficient (Wildman–Crippen LogP) is 6.41. The quantitative estimate of drug-likeness (QED) is 0.515. The van der Waals surface area contributed by atoms with Gasteiger partial charge in [0.25, 0.3) is 0 Å². The fourth-order valence-corrected chi connectivity index (χ4v) is 3.84. The first kappa shape index (κ1) is 22.8. The maximum Gasteiger partial charge on any atom is 0.416 e.